The largest absolute Gasteiger partial charge is 0.391 e. The van der Waals surface area contributed by atoms with Gasteiger partial charge in [-0.1, -0.05) is 15.9 Å². The van der Waals surface area contributed by atoms with Crippen LogP contribution in [0.4, 0.5) is 0 Å². The molecule has 0 radical (unpaired) electrons. The third-order valence-electron chi connectivity index (χ3n) is 5.27. The minimum absolute atomic E-state index is 0.00214. The van der Waals surface area contributed by atoms with E-state index in [4.69, 9.17) is 0 Å². The Bertz CT molecular complexity index is 476. The molecule has 19 heavy (non-hydrogen) atoms. The van der Waals surface area contributed by atoms with Crippen molar-refractivity contribution < 1.29 is 19.4 Å². The number of alkyl halides is 1. The zero-order valence-corrected chi connectivity index (χ0v) is 11.8. The molecule has 4 aliphatic rings. The van der Waals surface area contributed by atoms with Crippen molar-refractivity contribution >= 4 is 15.9 Å². The van der Waals surface area contributed by atoms with Gasteiger partial charge in [0.05, 0.1) is 13.0 Å². The Morgan fingerprint density at radius 1 is 1.32 bits per heavy atom. The first-order valence-electron chi connectivity index (χ1n) is 6.22. The Hall–Kier alpha value is -0.800. The summed E-state index contributed by atoms with van der Waals surface area (Å²) in [6, 6.07) is -0.142. The summed E-state index contributed by atoms with van der Waals surface area (Å²) in [5, 5.41) is 32.1. The molecule has 3 heterocycles. The standard InChI is InChI=1S/C10H15BrN3O5/c11-8-7-3-9(12(16)17)4-10(8,13(18)19)6-14(7,5-9)1-2-15/h7-8,15H,1-6H2/q+1. The molecule has 3 saturated heterocycles. The number of nitro groups is 2. The van der Waals surface area contributed by atoms with Crippen LogP contribution in [-0.4, -0.2) is 67.6 Å². The van der Waals surface area contributed by atoms with Crippen LogP contribution in [0.2, 0.25) is 0 Å². The zero-order valence-electron chi connectivity index (χ0n) is 10.2. The van der Waals surface area contributed by atoms with Crippen LogP contribution in [0.1, 0.15) is 12.8 Å². The van der Waals surface area contributed by atoms with Gasteiger partial charge in [0.25, 0.3) is 11.1 Å². The van der Waals surface area contributed by atoms with Crippen LogP contribution >= 0.6 is 15.9 Å². The van der Waals surface area contributed by atoms with Gasteiger partial charge in [-0.25, -0.2) is 0 Å². The molecule has 5 unspecified atom stereocenters. The van der Waals surface area contributed by atoms with Crippen LogP contribution in [-0.2, 0) is 0 Å². The molecule has 8 nitrogen and oxygen atoms in total. The molecule has 1 saturated carbocycles. The molecule has 0 aromatic rings. The molecule has 1 aliphatic carbocycles. The maximum absolute atomic E-state index is 11.5. The van der Waals surface area contributed by atoms with Gasteiger partial charge < -0.3 is 9.59 Å². The van der Waals surface area contributed by atoms with Crippen LogP contribution in [0.5, 0.6) is 0 Å². The van der Waals surface area contributed by atoms with E-state index in [0.717, 1.165) is 0 Å². The highest BCUT2D eigenvalue weighted by molar-refractivity contribution is 9.09. The van der Waals surface area contributed by atoms with Crippen molar-refractivity contribution in [1.29, 1.82) is 0 Å². The van der Waals surface area contributed by atoms with Crippen molar-refractivity contribution in [1.82, 2.24) is 0 Å². The normalized spacial score (nSPS) is 50.6. The van der Waals surface area contributed by atoms with E-state index in [1.807, 2.05) is 0 Å². The number of rotatable bonds is 4. The quantitative estimate of drug-likeness (QED) is 0.330. The minimum Gasteiger partial charge on any atom is -0.391 e. The number of halogens is 1. The fraction of sp³-hybridized carbons (Fsp3) is 1.00. The molecule has 4 rings (SSSR count). The average Bonchev–Trinajstić information content (AvgIpc) is 2.65. The first kappa shape index (κ1) is 13.2. The van der Waals surface area contributed by atoms with Crippen LogP contribution in [0, 0.1) is 20.2 Å². The summed E-state index contributed by atoms with van der Waals surface area (Å²) in [5.41, 5.74) is -2.45. The molecule has 0 aromatic heterocycles. The maximum atomic E-state index is 11.5. The third-order valence-corrected chi connectivity index (χ3v) is 6.74. The average molecular weight is 337 g/mol. The van der Waals surface area contributed by atoms with E-state index < -0.39 is 11.1 Å². The molecular formula is C10H15BrN3O5+. The summed E-state index contributed by atoms with van der Waals surface area (Å²) in [5.74, 6) is 0. The predicted octanol–water partition coefficient (Wildman–Crippen LogP) is -0.220. The SMILES string of the molecule is O=[N+]([O-])C12CC3C(Br)C([N+](=O)[O-])(C1)C[N+]3(CCO)C2. The van der Waals surface area contributed by atoms with Crippen LogP contribution in [0.3, 0.4) is 0 Å². The van der Waals surface area contributed by atoms with E-state index in [0.29, 0.717) is 24.0 Å². The van der Waals surface area contributed by atoms with Crippen LogP contribution in [0.15, 0.2) is 0 Å². The second kappa shape index (κ2) is 3.64. The van der Waals surface area contributed by atoms with Crippen molar-refractivity contribution in [3.8, 4) is 0 Å². The van der Waals surface area contributed by atoms with E-state index in [9.17, 15) is 25.3 Å². The number of piperidine rings is 1. The maximum Gasteiger partial charge on any atom is 0.294 e. The lowest BCUT2D eigenvalue weighted by Crippen LogP contribution is -2.65. The first-order valence-corrected chi connectivity index (χ1v) is 7.13. The molecule has 0 aromatic carbocycles. The summed E-state index contributed by atoms with van der Waals surface area (Å²) in [4.78, 5) is 21.9. The van der Waals surface area contributed by atoms with Gasteiger partial charge in [-0.3, -0.25) is 20.2 Å². The molecule has 3 aliphatic heterocycles. The fourth-order valence-corrected chi connectivity index (χ4v) is 5.85. The highest BCUT2D eigenvalue weighted by Crippen LogP contribution is 2.59. The van der Waals surface area contributed by atoms with Crippen LogP contribution in [0.25, 0.3) is 0 Å². The first-order chi connectivity index (χ1) is 8.82. The van der Waals surface area contributed by atoms with E-state index in [1.165, 1.54) is 0 Å². The van der Waals surface area contributed by atoms with Gasteiger partial charge in [-0.05, 0) is 0 Å². The summed E-state index contributed by atoms with van der Waals surface area (Å²) < 4.78 is 0.314. The second-order valence-corrected chi connectivity index (χ2v) is 7.16. The van der Waals surface area contributed by atoms with Crippen molar-refractivity contribution in [3.05, 3.63) is 20.2 Å². The summed E-state index contributed by atoms with van der Waals surface area (Å²) in [6.45, 7) is 0.857. The summed E-state index contributed by atoms with van der Waals surface area (Å²) in [6.07, 6.45) is 0.364. The molecule has 1 N–H and O–H groups in total. The van der Waals surface area contributed by atoms with Gasteiger partial charge in [0.2, 0.25) is 0 Å². The Morgan fingerprint density at radius 2 is 2.00 bits per heavy atom. The molecule has 9 heteroatoms. The smallest absolute Gasteiger partial charge is 0.294 e. The van der Waals surface area contributed by atoms with Crippen molar-refractivity contribution in [2.75, 3.05) is 26.2 Å². The number of hydrogen-bond acceptors (Lipinski definition) is 5. The van der Waals surface area contributed by atoms with Gasteiger partial charge in [-0.2, -0.15) is 0 Å². The topological polar surface area (TPSA) is 107 Å². The van der Waals surface area contributed by atoms with Crippen molar-refractivity contribution in [3.63, 3.8) is 0 Å². The molecule has 0 spiro atoms. The van der Waals surface area contributed by atoms with E-state index >= 15 is 0 Å². The minimum atomic E-state index is -1.26. The van der Waals surface area contributed by atoms with Crippen molar-refractivity contribution in [2.24, 2.45) is 0 Å². The predicted molar refractivity (Wildman–Crippen MR) is 67.1 cm³/mol. The van der Waals surface area contributed by atoms with Gasteiger partial charge in [0.1, 0.15) is 23.8 Å². The lowest BCUT2D eigenvalue weighted by atomic mass is 9.73. The van der Waals surface area contributed by atoms with Crippen molar-refractivity contribution in [2.45, 2.75) is 34.8 Å². The number of quaternary nitrogens is 1. The van der Waals surface area contributed by atoms with Crippen LogP contribution < -0.4 is 0 Å². The monoisotopic (exact) mass is 336 g/mol. The third kappa shape index (κ3) is 1.35. The second-order valence-electron chi connectivity index (χ2n) is 6.17. The van der Waals surface area contributed by atoms with E-state index in [-0.39, 0.29) is 40.3 Å². The van der Waals surface area contributed by atoms with Gasteiger partial charge in [0.15, 0.2) is 13.1 Å². The summed E-state index contributed by atoms with van der Waals surface area (Å²) in [7, 11) is 0. The lowest BCUT2D eigenvalue weighted by Gasteiger charge is -2.38. The molecule has 0 amide bonds. The lowest BCUT2D eigenvalue weighted by molar-refractivity contribution is -0.945. The van der Waals surface area contributed by atoms with E-state index in [1.54, 1.807) is 0 Å². The van der Waals surface area contributed by atoms with Gasteiger partial charge in [-0.15, -0.1) is 0 Å². The number of aliphatic hydroxyl groups is 1. The number of aliphatic hydroxyl groups excluding tert-OH is 1. The Balaban J connectivity index is 2.10. The molecule has 106 valence electrons. The van der Waals surface area contributed by atoms with E-state index in [2.05, 4.69) is 15.9 Å². The Labute approximate surface area is 117 Å². The highest BCUT2D eigenvalue weighted by atomic mass is 79.9. The molecular weight excluding hydrogens is 322 g/mol. The molecule has 5 atom stereocenters. The molecule has 4 fully saturated rings. The number of hydrogen-bond donors (Lipinski definition) is 1. The zero-order chi connectivity index (χ0) is 14.1. The van der Waals surface area contributed by atoms with Gasteiger partial charge in [0, 0.05) is 9.85 Å². The summed E-state index contributed by atoms with van der Waals surface area (Å²) >= 11 is 3.42. The Morgan fingerprint density at radius 3 is 2.53 bits per heavy atom. The molecule has 4 bridgehead atoms. The fourth-order valence-electron chi connectivity index (χ4n) is 4.69. The van der Waals surface area contributed by atoms with Gasteiger partial charge >= 0.3 is 0 Å². The highest BCUT2D eigenvalue weighted by Gasteiger charge is 2.85. The number of nitrogens with zero attached hydrogens (tertiary/aromatic N) is 3. The Kier molecular flexibility index (Phi) is 2.53.